The molecule has 2 saturated heterocycles. The zero-order valence-corrected chi connectivity index (χ0v) is 23.2. The van der Waals surface area contributed by atoms with Crippen molar-refractivity contribution in [2.75, 3.05) is 30.3 Å². The van der Waals surface area contributed by atoms with E-state index in [4.69, 9.17) is 21.3 Å². The Labute approximate surface area is 236 Å². The third kappa shape index (κ3) is 6.45. The van der Waals surface area contributed by atoms with Gasteiger partial charge in [-0.2, -0.15) is 9.61 Å². The predicted molar refractivity (Wildman–Crippen MR) is 151 cm³/mol. The minimum atomic E-state index is -0.580. The van der Waals surface area contributed by atoms with Crippen molar-refractivity contribution >= 4 is 58.7 Å². The largest absolute Gasteiger partial charge is 0.444 e. The fourth-order valence-electron chi connectivity index (χ4n) is 4.52. The summed E-state index contributed by atoms with van der Waals surface area (Å²) in [6, 6.07) is 8.55. The Kier molecular flexibility index (Phi) is 7.53. The summed E-state index contributed by atoms with van der Waals surface area (Å²) in [4.78, 5) is 42.5. The second kappa shape index (κ2) is 11.0. The zero-order chi connectivity index (χ0) is 28.4. The van der Waals surface area contributed by atoms with Crippen LogP contribution in [0.4, 0.5) is 26.9 Å². The fourth-order valence-corrected chi connectivity index (χ4v) is 4.71. The number of nitrogens with zero attached hydrogens (tertiary/aromatic N) is 4. The molecule has 0 radical (unpaired) electrons. The number of likely N-dealkylation sites (tertiary alicyclic amines) is 1. The van der Waals surface area contributed by atoms with Crippen LogP contribution in [0.5, 0.6) is 0 Å². The first-order valence-electron chi connectivity index (χ1n) is 13.0. The quantitative estimate of drug-likeness (QED) is 0.255. The Morgan fingerprint density at radius 2 is 1.98 bits per heavy atom. The van der Waals surface area contributed by atoms with Gasteiger partial charge >= 0.3 is 12.1 Å². The van der Waals surface area contributed by atoms with E-state index in [-0.39, 0.29) is 11.8 Å². The van der Waals surface area contributed by atoms with Crippen LogP contribution in [0.25, 0.3) is 11.7 Å². The number of hydrogen-bond acceptors (Lipinski definition) is 8. The number of hydrogen-bond donors (Lipinski definition) is 4. The van der Waals surface area contributed by atoms with Gasteiger partial charge in [0.25, 0.3) is 5.91 Å². The summed E-state index contributed by atoms with van der Waals surface area (Å²) in [5, 5.41) is 16.5. The van der Waals surface area contributed by atoms with E-state index < -0.39 is 17.5 Å². The average molecular weight is 567 g/mol. The van der Waals surface area contributed by atoms with Crippen molar-refractivity contribution in [3.05, 3.63) is 52.8 Å². The van der Waals surface area contributed by atoms with Gasteiger partial charge in [0.15, 0.2) is 5.65 Å². The first-order valence-corrected chi connectivity index (χ1v) is 13.4. The van der Waals surface area contributed by atoms with Gasteiger partial charge in [0, 0.05) is 42.0 Å². The lowest BCUT2D eigenvalue weighted by Gasteiger charge is -2.33. The van der Waals surface area contributed by atoms with Gasteiger partial charge in [0.1, 0.15) is 22.9 Å². The maximum absolute atomic E-state index is 12.4. The molecule has 0 atom stereocenters. The van der Waals surface area contributed by atoms with E-state index >= 15 is 0 Å². The number of ether oxygens (including phenoxy) is 1. The van der Waals surface area contributed by atoms with E-state index in [0.29, 0.717) is 53.4 Å². The molecule has 0 bridgehead atoms. The standard InChI is InChI=1S/C27H31ClN8O4/c1-27(2,3)40-26(39)35-9-7-16(8-10-35)14-29-22-13-21(31-19-6-4-5-18(28)12-19)33-23-17(15-30-36(22)23)11-20-24(37)34-25(38)32-20/h4-6,11-13,15-16,29H,7-10,14H2,1-3H3,(H,31,33)(H2,32,34,37,38)/b20-11-. The van der Waals surface area contributed by atoms with E-state index in [1.165, 1.54) is 6.08 Å². The van der Waals surface area contributed by atoms with Crippen LogP contribution in [0, 0.1) is 5.92 Å². The Morgan fingerprint density at radius 3 is 2.65 bits per heavy atom. The molecular weight excluding hydrogens is 536 g/mol. The number of nitrogens with one attached hydrogen (secondary N) is 4. The smallest absolute Gasteiger partial charge is 0.410 e. The third-order valence-corrected chi connectivity index (χ3v) is 6.69. The van der Waals surface area contributed by atoms with Crippen LogP contribution in [-0.4, -0.2) is 62.8 Å². The van der Waals surface area contributed by atoms with E-state index in [9.17, 15) is 14.4 Å². The summed E-state index contributed by atoms with van der Waals surface area (Å²) in [6.07, 6.45) is 4.51. The van der Waals surface area contributed by atoms with E-state index in [0.717, 1.165) is 18.5 Å². The molecule has 3 aromatic rings. The lowest BCUT2D eigenvalue weighted by Crippen LogP contribution is -2.42. The monoisotopic (exact) mass is 566 g/mol. The number of anilines is 3. The van der Waals surface area contributed by atoms with Crippen molar-refractivity contribution in [3.8, 4) is 0 Å². The van der Waals surface area contributed by atoms with Crippen LogP contribution in [0.1, 0.15) is 39.2 Å². The molecule has 13 heteroatoms. The molecule has 4 amide bonds. The summed E-state index contributed by atoms with van der Waals surface area (Å²) in [5.41, 5.74) is 1.38. The number of amides is 4. The van der Waals surface area contributed by atoms with Gasteiger partial charge in [-0.3, -0.25) is 10.1 Å². The summed E-state index contributed by atoms with van der Waals surface area (Å²) in [5.74, 6) is 1.04. The highest BCUT2D eigenvalue weighted by molar-refractivity contribution is 6.30. The van der Waals surface area contributed by atoms with Gasteiger partial charge in [-0.05, 0) is 63.8 Å². The van der Waals surface area contributed by atoms with Crippen LogP contribution in [0.2, 0.25) is 5.02 Å². The molecule has 4 heterocycles. The number of rotatable bonds is 6. The number of carbonyl (C=O) groups is 3. The zero-order valence-electron chi connectivity index (χ0n) is 22.5. The molecule has 210 valence electrons. The maximum Gasteiger partial charge on any atom is 0.410 e. The molecule has 40 heavy (non-hydrogen) atoms. The first-order chi connectivity index (χ1) is 19.0. The molecule has 4 N–H and O–H groups in total. The van der Waals surface area contributed by atoms with Crippen LogP contribution in [0.3, 0.4) is 0 Å². The van der Waals surface area contributed by atoms with Crippen molar-refractivity contribution < 1.29 is 19.1 Å². The Hall–Kier alpha value is -4.32. The molecule has 0 unspecified atom stereocenters. The van der Waals surface area contributed by atoms with Gasteiger partial charge in [0.2, 0.25) is 0 Å². The topological polar surface area (TPSA) is 142 Å². The van der Waals surface area contributed by atoms with Crippen molar-refractivity contribution in [2.45, 2.75) is 39.2 Å². The molecule has 2 aliphatic rings. The molecule has 5 rings (SSSR count). The van der Waals surface area contributed by atoms with E-state index in [2.05, 4.69) is 26.4 Å². The number of piperidine rings is 1. The van der Waals surface area contributed by atoms with E-state index in [1.54, 1.807) is 27.7 Å². The highest BCUT2D eigenvalue weighted by Gasteiger charge is 2.27. The number of halogens is 1. The van der Waals surface area contributed by atoms with Crippen molar-refractivity contribution in [1.82, 2.24) is 30.1 Å². The molecule has 2 aromatic heterocycles. The van der Waals surface area contributed by atoms with Crippen molar-refractivity contribution in [1.29, 1.82) is 0 Å². The lowest BCUT2D eigenvalue weighted by atomic mass is 9.97. The third-order valence-electron chi connectivity index (χ3n) is 6.45. The van der Waals surface area contributed by atoms with Gasteiger partial charge in [-0.15, -0.1) is 0 Å². The van der Waals surface area contributed by atoms with Gasteiger partial charge < -0.3 is 25.6 Å². The van der Waals surface area contributed by atoms with Crippen LogP contribution in [-0.2, 0) is 9.53 Å². The molecule has 0 saturated carbocycles. The Morgan fingerprint density at radius 1 is 1.20 bits per heavy atom. The average Bonchev–Trinajstić information content (AvgIpc) is 3.43. The summed E-state index contributed by atoms with van der Waals surface area (Å²) in [6.45, 7) is 7.50. The fraction of sp³-hybridized carbons (Fsp3) is 0.370. The number of imide groups is 1. The van der Waals surface area contributed by atoms with E-state index in [1.807, 2.05) is 39.0 Å². The molecular formula is C27H31ClN8O4. The van der Waals surface area contributed by atoms with Crippen molar-refractivity contribution in [2.24, 2.45) is 5.92 Å². The highest BCUT2D eigenvalue weighted by Crippen LogP contribution is 2.26. The summed E-state index contributed by atoms with van der Waals surface area (Å²) in [7, 11) is 0. The highest BCUT2D eigenvalue weighted by atomic mass is 35.5. The summed E-state index contributed by atoms with van der Waals surface area (Å²) >= 11 is 6.16. The second-order valence-electron chi connectivity index (χ2n) is 10.8. The predicted octanol–water partition coefficient (Wildman–Crippen LogP) is 4.37. The minimum Gasteiger partial charge on any atom is -0.444 e. The molecule has 2 fully saturated rings. The maximum atomic E-state index is 12.4. The normalized spacial score (nSPS) is 17.2. The molecule has 2 aliphatic heterocycles. The SMILES string of the molecule is CC(C)(C)OC(=O)N1CCC(CNc2cc(Nc3cccc(Cl)c3)nc3c(/C=C4\NC(=O)NC4=O)cnn23)CC1. The molecule has 0 spiro atoms. The molecule has 1 aromatic carbocycles. The van der Waals surface area contributed by atoms with Gasteiger partial charge in [-0.25, -0.2) is 14.6 Å². The van der Waals surface area contributed by atoms with Crippen molar-refractivity contribution in [3.63, 3.8) is 0 Å². The molecule has 12 nitrogen and oxygen atoms in total. The number of benzene rings is 1. The summed E-state index contributed by atoms with van der Waals surface area (Å²) < 4.78 is 7.16. The minimum absolute atomic E-state index is 0.112. The number of fused-ring (bicyclic) bond motifs is 1. The number of carbonyl (C=O) groups excluding carboxylic acids is 3. The van der Waals surface area contributed by atoms with Gasteiger partial charge in [0.05, 0.1) is 6.20 Å². The molecule has 0 aliphatic carbocycles. The first kappa shape index (κ1) is 27.3. The lowest BCUT2D eigenvalue weighted by molar-refractivity contribution is -0.115. The van der Waals surface area contributed by atoms with Crippen LogP contribution in [0.15, 0.2) is 42.2 Å². The Bertz CT molecular complexity index is 1490. The second-order valence-corrected chi connectivity index (χ2v) is 11.2. The van der Waals surface area contributed by atoms with Crippen LogP contribution >= 0.6 is 11.6 Å². The number of urea groups is 1. The van der Waals surface area contributed by atoms with Crippen LogP contribution < -0.4 is 21.3 Å². The van der Waals surface area contributed by atoms with Gasteiger partial charge in [-0.1, -0.05) is 17.7 Å². The number of aromatic nitrogens is 3. The Balaban J connectivity index is 1.36.